The highest BCUT2D eigenvalue weighted by Gasteiger charge is 2.21. The van der Waals surface area contributed by atoms with E-state index in [0.717, 1.165) is 18.0 Å². The second kappa shape index (κ2) is 5.06. The number of esters is 1. The molecule has 0 bridgehead atoms. The number of ketones is 2. The molecule has 0 atom stereocenters. The number of Topliss-reactive ketones (excluding diaryl/α,β-unsaturated/α-hetero) is 2. The summed E-state index contributed by atoms with van der Waals surface area (Å²) in [6.45, 7) is 0. The highest BCUT2D eigenvalue weighted by atomic mass is 16.5. The summed E-state index contributed by atoms with van der Waals surface area (Å²) in [5, 5.41) is 0.916. The van der Waals surface area contributed by atoms with Gasteiger partial charge in [0, 0.05) is 18.0 Å². The number of para-hydroxylation sites is 1. The molecule has 0 saturated carbocycles. The van der Waals surface area contributed by atoms with Gasteiger partial charge in [0.2, 0.25) is 5.78 Å². The maximum absolute atomic E-state index is 12.0. The lowest BCUT2D eigenvalue weighted by atomic mass is 10.1. The van der Waals surface area contributed by atoms with Crippen molar-refractivity contribution in [2.75, 3.05) is 7.11 Å². The van der Waals surface area contributed by atoms with Crippen LogP contribution in [-0.4, -0.2) is 29.2 Å². The summed E-state index contributed by atoms with van der Waals surface area (Å²) in [5.74, 6) is -2.22. The number of ether oxygens (including phenoxy) is 1. The molecule has 2 rings (SSSR count). The first-order chi connectivity index (χ1) is 9.04. The maximum Gasteiger partial charge on any atom is 0.374 e. The summed E-state index contributed by atoms with van der Waals surface area (Å²) in [7, 11) is 2.86. The Morgan fingerprint density at radius 1 is 1.21 bits per heavy atom. The van der Waals surface area contributed by atoms with E-state index in [-0.39, 0.29) is 0 Å². The van der Waals surface area contributed by atoms with Crippen LogP contribution in [0.5, 0.6) is 0 Å². The standard InChI is InChI=1S/C14H13NO4/c1-15-10-6-4-3-5-9(10)7-11(15)12(16)8-13(17)14(18)19-2/h3-7H,8H2,1-2H3. The molecule has 0 N–H and O–H groups in total. The molecule has 2 aromatic rings. The van der Waals surface area contributed by atoms with E-state index in [9.17, 15) is 14.4 Å². The molecule has 0 fully saturated rings. The van der Waals surface area contributed by atoms with E-state index in [1.54, 1.807) is 17.7 Å². The molecular formula is C14H13NO4. The van der Waals surface area contributed by atoms with E-state index in [4.69, 9.17) is 0 Å². The van der Waals surface area contributed by atoms with Crippen LogP contribution in [0.25, 0.3) is 10.9 Å². The average Bonchev–Trinajstić information content (AvgIpc) is 2.75. The van der Waals surface area contributed by atoms with Crippen LogP contribution in [0.2, 0.25) is 0 Å². The summed E-state index contributed by atoms with van der Waals surface area (Å²) in [6.07, 6.45) is -0.475. The molecule has 0 amide bonds. The number of fused-ring (bicyclic) bond motifs is 1. The molecule has 1 aromatic carbocycles. The number of methoxy groups -OCH3 is 1. The van der Waals surface area contributed by atoms with Gasteiger partial charge in [0.05, 0.1) is 19.2 Å². The average molecular weight is 259 g/mol. The van der Waals surface area contributed by atoms with E-state index in [2.05, 4.69) is 4.74 Å². The molecule has 0 spiro atoms. The molecule has 0 aliphatic heterocycles. The predicted octanol–water partition coefficient (Wildman–Crippen LogP) is 1.49. The van der Waals surface area contributed by atoms with Crippen LogP contribution >= 0.6 is 0 Å². The van der Waals surface area contributed by atoms with Gasteiger partial charge in [0.25, 0.3) is 0 Å². The monoisotopic (exact) mass is 259 g/mol. The second-order valence-electron chi connectivity index (χ2n) is 4.16. The summed E-state index contributed by atoms with van der Waals surface area (Å²) < 4.78 is 6.00. The smallest absolute Gasteiger partial charge is 0.374 e. The minimum atomic E-state index is -0.993. The Kier molecular flexibility index (Phi) is 3.46. The van der Waals surface area contributed by atoms with Crippen molar-refractivity contribution in [3.63, 3.8) is 0 Å². The number of carbonyl (C=O) groups excluding carboxylic acids is 3. The number of carbonyl (C=O) groups is 3. The Morgan fingerprint density at radius 3 is 2.53 bits per heavy atom. The molecular weight excluding hydrogens is 246 g/mol. The molecule has 1 aromatic heterocycles. The first-order valence-electron chi connectivity index (χ1n) is 5.73. The van der Waals surface area contributed by atoms with Crippen LogP contribution in [0.1, 0.15) is 16.9 Å². The van der Waals surface area contributed by atoms with Crippen LogP contribution in [0.4, 0.5) is 0 Å². The fraction of sp³-hybridized carbons (Fsp3) is 0.214. The van der Waals surface area contributed by atoms with Gasteiger partial charge in [-0.2, -0.15) is 0 Å². The lowest BCUT2D eigenvalue weighted by Crippen LogP contribution is -2.20. The largest absolute Gasteiger partial charge is 0.463 e. The van der Waals surface area contributed by atoms with Crippen molar-refractivity contribution in [3.8, 4) is 0 Å². The molecule has 0 saturated heterocycles. The quantitative estimate of drug-likeness (QED) is 0.361. The van der Waals surface area contributed by atoms with Gasteiger partial charge in [0.15, 0.2) is 5.78 Å². The lowest BCUT2D eigenvalue weighted by Gasteiger charge is -2.02. The molecule has 0 aliphatic rings. The second-order valence-corrected chi connectivity index (χ2v) is 4.16. The van der Waals surface area contributed by atoms with Crippen molar-refractivity contribution in [2.45, 2.75) is 6.42 Å². The van der Waals surface area contributed by atoms with E-state index < -0.39 is 24.0 Å². The first-order valence-corrected chi connectivity index (χ1v) is 5.73. The fourth-order valence-electron chi connectivity index (χ4n) is 1.98. The number of aryl methyl sites for hydroxylation is 1. The van der Waals surface area contributed by atoms with Crippen LogP contribution < -0.4 is 0 Å². The topological polar surface area (TPSA) is 65.4 Å². The van der Waals surface area contributed by atoms with Crippen molar-refractivity contribution < 1.29 is 19.1 Å². The van der Waals surface area contributed by atoms with E-state index >= 15 is 0 Å². The van der Waals surface area contributed by atoms with Gasteiger partial charge in [-0.05, 0) is 12.1 Å². The predicted molar refractivity (Wildman–Crippen MR) is 68.9 cm³/mol. The third kappa shape index (κ3) is 2.40. The van der Waals surface area contributed by atoms with Gasteiger partial charge in [-0.15, -0.1) is 0 Å². The number of nitrogens with zero attached hydrogens (tertiary/aromatic N) is 1. The number of hydrogen-bond donors (Lipinski definition) is 0. The number of benzene rings is 1. The number of rotatable bonds is 4. The molecule has 5 nitrogen and oxygen atoms in total. The molecule has 0 unspecified atom stereocenters. The zero-order chi connectivity index (χ0) is 14.0. The first kappa shape index (κ1) is 13.0. The molecule has 5 heteroatoms. The minimum Gasteiger partial charge on any atom is -0.463 e. The van der Waals surface area contributed by atoms with Crippen LogP contribution in [0.3, 0.4) is 0 Å². The van der Waals surface area contributed by atoms with E-state index in [0.29, 0.717) is 5.69 Å². The van der Waals surface area contributed by atoms with Crippen molar-refractivity contribution in [2.24, 2.45) is 7.05 Å². The number of aromatic nitrogens is 1. The summed E-state index contributed by atoms with van der Waals surface area (Å²) in [6, 6.07) is 9.22. The molecule has 0 radical (unpaired) electrons. The van der Waals surface area contributed by atoms with E-state index in [1.165, 1.54) is 0 Å². The van der Waals surface area contributed by atoms with Crippen LogP contribution in [-0.2, 0) is 21.4 Å². The van der Waals surface area contributed by atoms with Crippen molar-refractivity contribution in [1.82, 2.24) is 4.57 Å². The van der Waals surface area contributed by atoms with Gasteiger partial charge < -0.3 is 9.30 Å². The normalized spacial score (nSPS) is 10.4. The van der Waals surface area contributed by atoms with Gasteiger partial charge in [-0.3, -0.25) is 9.59 Å². The zero-order valence-corrected chi connectivity index (χ0v) is 10.7. The number of hydrogen-bond acceptors (Lipinski definition) is 4. The molecule has 19 heavy (non-hydrogen) atoms. The van der Waals surface area contributed by atoms with Gasteiger partial charge in [-0.25, -0.2) is 4.79 Å². The van der Waals surface area contributed by atoms with Crippen molar-refractivity contribution in [3.05, 3.63) is 36.0 Å². The SMILES string of the molecule is COC(=O)C(=O)CC(=O)c1cc2ccccc2n1C. The van der Waals surface area contributed by atoms with Gasteiger partial charge in [-0.1, -0.05) is 18.2 Å². The molecule has 98 valence electrons. The Morgan fingerprint density at radius 2 is 1.89 bits per heavy atom. The third-order valence-electron chi connectivity index (χ3n) is 2.97. The minimum absolute atomic E-state index is 0.394. The molecule has 1 heterocycles. The summed E-state index contributed by atoms with van der Waals surface area (Å²) in [4.78, 5) is 34.4. The van der Waals surface area contributed by atoms with Crippen LogP contribution in [0, 0.1) is 0 Å². The van der Waals surface area contributed by atoms with Crippen LogP contribution in [0.15, 0.2) is 30.3 Å². The molecule has 0 aliphatic carbocycles. The third-order valence-corrected chi connectivity index (χ3v) is 2.97. The van der Waals surface area contributed by atoms with Crippen molar-refractivity contribution >= 4 is 28.4 Å². The van der Waals surface area contributed by atoms with Gasteiger partial charge >= 0.3 is 5.97 Å². The Balaban J connectivity index is 2.29. The summed E-state index contributed by atoms with van der Waals surface area (Å²) >= 11 is 0. The van der Waals surface area contributed by atoms with Gasteiger partial charge in [0.1, 0.15) is 0 Å². The Labute approximate surface area is 109 Å². The fourth-order valence-corrected chi connectivity index (χ4v) is 1.98. The summed E-state index contributed by atoms with van der Waals surface area (Å²) in [5.41, 5.74) is 1.30. The van der Waals surface area contributed by atoms with E-state index in [1.807, 2.05) is 24.3 Å². The Bertz CT molecular complexity index is 669. The lowest BCUT2D eigenvalue weighted by molar-refractivity contribution is -0.151. The zero-order valence-electron chi connectivity index (χ0n) is 10.7. The Hall–Kier alpha value is -2.43. The highest BCUT2D eigenvalue weighted by molar-refractivity contribution is 6.38. The van der Waals surface area contributed by atoms with Crippen molar-refractivity contribution in [1.29, 1.82) is 0 Å². The highest BCUT2D eigenvalue weighted by Crippen LogP contribution is 2.19. The maximum atomic E-state index is 12.0.